The Kier molecular flexibility index (Phi) is 22.7. The molecule has 14 heteroatoms. The molecule has 1 saturated heterocycles. The highest BCUT2D eigenvalue weighted by Gasteiger charge is 2.52. The van der Waals surface area contributed by atoms with Gasteiger partial charge in [-0.05, 0) is 252 Å². The topological polar surface area (TPSA) is 61.9 Å². The zero-order chi connectivity index (χ0) is 56.7. The molecular weight excluding hydrogens is 1170 g/mol. The summed E-state index contributed by atoms with van der Waals surface area (Å²) in [6.45, 7) is 17.1. The fourth-order valence-electron chi connectivity index (χ4n) is 9.09. The Balaban J connectivity index is 0.000000204. The standard InChI is InChI=1S/C30H27NO2S2.C20H18BrNO2.C16H21BO2S2.3CH4/c1-20-17-18-34-30(20)28-19-21(2)29(35-28)22-5-7-23(8-6-22)31(24-9-13-26(32-3)14-10-24)25-11-15-27(33-4)16-12-25;1-23-19-11-7-17(8-12-19)22(16-5-3-15(21)4-6-16)18-9-13-20(24-2)14-10-18;1-10-7-8-20-13(10)12-9-11(2)14(21-12)17-18-15(3,4)16(5,6)19-17;;;/h5-19H,1-4H3;3-14H,1-2H3;7-9H,1-6H3;3*1H4. The Hall–Kier alpha value is -6.62. The largest absolute Gasteiger partial charge is 0.505 e. The van der Waals surface area contributed by atoms with Crippen LogP contribution in [0, 0.1) is 27.7 Å². The third kappa shape index (κ3) is 15.0. The second-order valence-corrected chi connectivity index (χ2v) is 25.1. The van der Waals surface area contributed by atoms with Gasteiger partial charge in [-0.2, -0.15) is 0 Å². The van der Waals surface area contributed by atoms with E-state index >= 15 is 0 Å². The lowest BCUT2D eigenvalue weighted by Crippen LogP contribution is -2.41. The van der Waals surface area contributed by atoms with Crippen LogP contribution in [0.4, 0.5) is 34.1 Å². The molecule has 0 radical (unpaired) electrons. The molecule has 4 aromatic heterocycles. The number of hydrogen-bond donors (Lipinski definition) is 0. The number of anilines is 6. The average molecular weight is 1250 g/mol. The van der Waals surface area contributed by atoms with Crippen molar-refractivity contribution in [3.8, 4) is 52.9 Å². The van der Waals surface area contributed by atoms with Gasteiger partial charge >= 0.3 is 7.12 Å². The summed E-state index contributed by atoms with van der Waals surface area (Å²) in [5.74, 6) is 3.35. The molecule has 6 aromatic carbocycles. The molecule has 10 aromatic rings. The number of rotatable bonds is 14. The molecular formula is C69H78BBrN2O6S4. The SMILES string of the molecule is C.C.C.COc1ccc(N(c2ccc(Br)cc2)c2ccc(OC)cc2)cc1.COc1ccc(N(c2ccc(OC)cc2)c2ccc(-c3sc(-c4sccc4C)cc3C)cc2)cc1.Cc1cc(-c2sccc2C)sc1B1OC(C)(C)C(C)(C)O1. The van der Waals surface area contributed by atoms with Crippen molar-refractivity contribution in [2.24, 2.45) is 0 Å². The summed E-state index contributed by atoms with van der Waals surface area (Å²) < 4.78 is 35.9. The number of thiophene rings is 4. The van der Waals surface area contributed by atoms with Crippen molar-refractivity contribution in [1.82, 2.24) is 0 Å². The quantitative estimate of drug-likeness (QED) is 0.0998. The van der Waals surface area contributed by atoms with Crippen molar-refractivity contribution < 1.29 is 28.3 Å². The molecule has 5 heterocycles. The van der Waals surface area contributed by atoms with Gasteiger partial charge in [0.05, 0.1) is 39.6 Å². The Morgan fingerprint density at radius 3 is 1.04 bits per heavy atom. The normalized spacial score (nSPS) is 12.7. The van der Waals surface area contributed by atoms with Gasteiger partial charge in [-0.1, -0.05) is 50.3 Å². The van der Waals surface area contributed by atoms with Gasteiger partial charge in [-0.3, -0.25) is 0 Å². The third-order valence-corrected chi connectivity index (χ3v) is 19.8. The molecule has 1 fully saturated rings. The highest BCUT2D eigenvalue weighted by Crippen LogP contribution is 2.44. The van der Waals surface area contributed by atoms with Crippen LogP contribution < -0.4 is 33.5 Å². The van der Waals surface area contributed by atoms with Gasteiger partial charge < -0.3 is 38.1 Å². The minimum Gasteiger partial charge on any atom is -0.497 e. The summed E-state index contributed by atoms with van der Waals surface area (Å²) in [6.07, 6.45) is 0. The van der Waals surface area contributed by atoms with Crippen LogP contribution in [-0.4, -0.2) is 46.8 Å². The van der Waals surface area contributed by atoms with Gasteiger partial charge in [0.1, 0.15) is 23.0 Å². The molecule has 1 aliphatic heterocycles. The van der Waals surface area contributed by atoms with E-state index in [-0.39, 0.29) is 40.6 Å². The Morgan fingerprint density at radius 1 is 0.398 bits per heavy atom. The van der Waals surface area contributed by atoms with Crippen LogP contribution >= 0.6 is 61.3 Å². The molecule has 0 amide bonds. The highest BCUT2D eigenvalue weighted by atomic mass is 79.9. The predicted octanol–water partition coefficient (Wildman–Crippen LogP) is 21.5. The molecule has 0 aliphatic carbocycles. The van der Waals surface area contributed by atoms with E-state index in [4.69, 9.17) is 28.3 Å². The van der Waals surface area contributed by atoms with Gasteiger partial charge in [0.25, 0.3) is 0 Å². The van der Waals surface area contributed by atoms with Crippen molar-refractivity contribution in [2.45, 2.75) is 88.9 Å². The summed E-state index contributed by atoms with van der Waals surface area (Å²) in [6, 6.07) is 58.3. The predicted molar refractivity (Wildman–Crippen MR) is 365 cm³/mol. The van der Waals surface area contributed by atoms with Gasteiger partial charge in [-0.25, -0.2) is 0 Å². The minimum absolute atomic E-state index is 0. The first-order valence-corrected chi connectivity index (χ1v) is 30.4. The number of halogens is 1. The Morgan fingerprint density at radius 2 is 0.711 bits per heavy atom. The van der Waals surface area contributed by atoms with Crippen LogP contribution in [0.2, 0.25) is 0 Å². The molecule has 0 spiro atoms. The van der Waals surface area contributed by atoms with E-state index in [2.05, 4.69) is 177 Å². The lowest BCUT2D eigenvalue weighted by Gasteiger charge is -2.32. The fourth-order valence-corrected chi connectivity index (χ4v) is 13.9. The number of methoxy groups -OCH3 is 4. The fraction of sp³-hybridized carbons (Fsp3) is 0.246. The number of aryl methyl sites for hydroxylation is 4. The van der Waals surface area contributed by atoms with Crippen LogP contribution in [0.1, 0.15) is 72.2 Å². The summed E-state index contributed by atoms with van der Waals surface area (Å²) in [7, 11) is 6.46. The van der Waals surface area contributed by atoms with Gasteiger partial charge in [0.2, 0.25) is 0 Å². The maximum Gasteiger partial charge on any atom is 0.505 e. The van der Waals surface area contributed by atoms with E-state index in [1.54, 1.807) is 51.1 Å². The zero-order valence-electron chi connectivity index (χ0n) is 47.3. The van der Waals surface area contributed by atoms with Crippen molar-refractivity contribution in [1.29, 1.82) is 0 Å². The Labute approximate surface area is 519 Å². The molecule has 1 aliphatic rings. The Bertz CT molecular complexity index is 3500. The molecule has 8 nitrogen and oxygen atoms in total. The lowest BCUT2D eigenvalue weighted by molar-refractivity contribution is 0.00578. The zero-order valence-corrected chi connectivity index (χ0v) is 52.1. The van der Waals surface area contributed by atoms with Crippen molar-refractivity contribution >= 4 is 107 Å². The van der Waals surface area contributed by atoms with E-state index in [1.165, 1.54) is 57.0 Å². The van der Waals surface area contributed by atoms with Gasteiger partial charge in [0.15, 0.2) is 0 Å². The van der Waals surface area contributed by atoms with Crippen LogP contribution in [0.15, 0.2) is 185 Å². The van der Waals surface area contributed by atoms with Crippen molar-refractivity contribution in [3.63, 3.8) is 0 Å². The molecule has 0 atom stereocenters. The average Bonchev–Trinajstić information content (AvgIpc) is 3.37. The molecule has 0 saturated carbocycles. The van der Waals surface area contributed by atoms with Crippen molar-refractivity contribution in [2.75, 3.05) is 38.2 Å². The molecule has 83 heavy (non-hydrogen) atoms. The van der Waals surface area contributed by atoms with Gasteiger partial charge in [0, 0.05) is 67.8 Å². The van der Waals surface area contributed by atoms with E-state index in [0.717, 1.165) is 61.6 Å². The third-order valence-electron chi connectivity index (χ3n) is 14.3. The number of ether oxygens (including phenoxy) is 4. The number of hydrogen-bond acceptors (Lipinski definition) is 12. The first kappa shape index (κ1) is 65.5. The first-order chi connectivity index (χ1) is 38.5. The summed E-state index contributed by atoms with van der Waals surface area (Å²) in [5, 5.41) is 4.31. The van der Waals surface area contributed by atoms with Crippen molar-refractivity contribution in [3.05, 3.63) is 207 Å². The van der Waals surface area contributed by atoms with E-state index < -0.39 is 0 Å². The second kappa shape index (κ2) is 28.8. The summed E-state index contributed by atoms with van der Waals surface area (Å²) in [5.41, 5.74) is 12.3. The van der Waals surface area contributed by atoms with Crippen LogP contribution in [-0.2, 0) is 9.31 Å². The van der Waals surface area contributed by atoms with E-state index in [1.807, 2.05) is 108 Å². The van der Waals surface area contributed by atoms with Gasteiger partial charge in [-0.15, -0.1) is 45.3 Å². The maximum atomic E-state index is 6.18. The number of nitrogens with zero attached hydrogens (tertiary/aromatic N) is 2. The van der Waals surface area contributed by atoms with E-state index in [0.29, 0.717) is 0 Å². The maximum absolute atomic E-state index is 6.18. The smallest absolute Gasteiger partial charge is 0.497 e. The second-order valence-electron chi connectivity index (χ2n) is 20.2. The molecule has 0 N–H and O–H groups in total. The monoisotopic (exact) mass is 1250 g/mol. The van der Waals surface area contributed by atoms with Crippen LogP contribution in [0.5, 0.6) is 23.0 Å². The number of benzene rings is 6. The summed E-state index contributed by atoms with van der Waals surface area (Å²) in [4.78, 5) is 11.1. The molecule has 0 bridgehead atoms. The lowest BCUT2D eigenvalue weighted by atomic mass is 9.85. The summed E-state index contributed by atoms with van der Waals surface area (Å²) >= 11 is 10.8. The first-order valence-electron chi connectivity index (χ1n) is 26.2. The van der Waals surface area contributed by atoms with Crippen LogP contribution in [0.3, 0.4) is 0 Å². The van der Waals surface area contributed by atoms with Crippen LogP contribution in [0.25, 0.3) is 29.9 Å². The molecule has 434 valence electrons. The highest BCUT2D eigenvalue weighted by molar-refractivity contribution is 9.10. The molecule has 11 rings (SSSR count). The molecule has 0 unspecified atom stereocenters. The minimum atomic E-state index is -0.285. The van der Waals surface area contributed by atoms with E-state index in [9.17, 15) is 0 Å².